The number of phenols is 1. The summed E-state index contributed by atoms with van der Waals surface area (Å²) in [4.78, 5) is 12.4. The summed E-state index contributed by atoms with van der Waals surface area (Å²) in [6.45, 7) is 3.28. The number of carbonyl (C=O) groups excluding carboxylic acids is 1. The van der Waals surface area contributed by atoms with Crippen molar-refractivity contribution in [2.45, 2.75) is 45.8 Å². The second-order valence-electron chi connectivity index (χ2n) is 7.11. The Morgan fingerprint density at radius 3 is 2.73 bits per heavy atom. The van der Waals surface area contributed by atoms with E-state index in [1.165, 1.54) is 31.4 Å². The van der Waals surface area contributed by atoms with E-state index in [-0.39, 0.29) is 23.7 Å². The maximum atomic E-state index is 12.4. The number of unbranched alkanes of at least 4 members (excludes halogenated alkanes) is 3. The molecule has 2 aromatic carbocycles. The van der Waals surface area contributed by atoms with Crippen LogP contribution in [0.1, 0.15) is 54.2 Å². The number of ketones is 1. The van der Waals surface area contributed by atoms with Gasteiger partial charge < -0.3 is 9.84 Å². The summed E-state index contributed by atoms with van der Waals surface area (Å²) >= 11 is 0. The Labute approximate surface area is 176 Å². The Morgan fingerprint density at radius 1 is 1.13 bits per heavy atom. The first-order valence-corrected chi connectivity index (χ1v) is 10.3. The average Bonchev–Trinajstić information content (AvgIpc) is 3.22. The van der Waals surface area contributed by atoms with Gasteiger partial charge in [-0.1, -0.05) is 67.8 Å². The van der Waals surface area contributed by atoms with E-state index in [0.29, 0.717) is 5.75 Å². The van der Waals surface area contributed by atoms with Crippen molar-refractivity contribution in [3.63, 3.8) is 0 Å². The first-order valence-electron chi connectivity index (χ1n) is 10.3. The molecule has 1 heterocycles. The molecule has 0 aliphatic carbocycles. The summed E-state index contributed by atoms with van der Waals surface area (Å²) in [7, 11) is 0. The van der Waals surface area contributed by atoms with Crippen LogP contribution in [-0.2, 0) is 13.2 Å². The number of hydrogen-bond acceptors (Lipinski definition) is 5. The molecule has 0 saturated carbocycles. The third-order valence-electron chi connectivity index (χ3n) is 4.67. The van der Waals surface area contributed by atoms with Crippen molar-refractivity contribution in [2.75, 3.05) is 0 Å². The minimum Gasteiger partial charge on any atom is -0.507 e. The second-order valence-corrected chi connectivity index (χ2v) is 7.11. The van der Waals surface area contributed by atoms with Gasteiger partial charge >= 0.3 is 0 Å². The van der Waals surface area contributed by atoms with E-state index in [1.54, 1.807) is 18.2 Å². The highest BCUT2D eigenvalue weighted by molar-refractivity contribution is 6.08. The van der Waals surface area contributed by atoms with Crippen LogP contribution in [-0.4, -0.2) is 25.9 Å². The van der Waals surface area contributed by atoms with E-state index >= 15 is 0 Å². The fourth-order valence-corrected chi connectivity index (χ4v) is 3.01. The van der Waals surface area contributed by atoms with Gasteiger partial charge in [-0.2, -0.15) is 0 Å². The molecule has 6 heteroatoms. The molecule has 0 radical (unpaired) electrons. The zero-order valence-corrected chi connectivity index (χ0v) is 17.2. The molecule has 0 saturated heterocycles. The first kappa shape index (κ1) is 21.3. The highest BCUT2D eigenvalue weighted by Crippen LogP contribution is 2.25. The molecule has 30 heavy (non-hydrogen) atoms. The number of phenolic OH excluding ortho intramolecular Hbond substituents is 1. The predicted molar refractivity (Wildman–Crippen MR) is 116 cm³/mol. The first-order chi connectivity index (χ1) is 14.7. The van der Waals surface area contributed by atoms with E-state index < -0.39 is 0 Å². The number of aryl methyl sites for hydroxylation is 1. The van der Waals surface area contributed by atoms with Gasteiger partial charge in [0, 0.05) is 12.6 Å². The van der Waals surface area contributed by atoms with E-state index in [1.807, 2.05) is 41.2 Å². The van der Waals surface area contributed by atoms with Crippen molar-refractivity contribution < 1.29 is 14.6 Å². The van der Waals surface area contributed by atoms with Gasteiger partial charge in [-0.25, -0.2) is 0 Å². The van der Waals surface area contributed by atoms with Gasteiger partial charge in [-0.15, -0.1) is 5.10 Å². The van der Waals surface area contributed by atoms with E-state index in [2.05, 4.69) is 17.2 Å². The van der Waals surface area contributed by atoms with Crippen LogP contribution in [0, 0.1) is 0 Å². The normalized spacial score (nSPS) is 11.1. The topological polar surface area (TPSA) is 77.2 Å². The van der Waals surface area contributed by atoms with Crippen LogP contribution in [0.2, 0.25) is 0 Å². The molecule has 1 aromatic heterocycles. The summed E-state index contributed by atoms with van der Waals surface area (Å²) in [5.41, 5.74) is 1.87. The number of benzene rings is 2. The second kappa shape index (κ2) is 11.0. The molecule has 156 valence electrons. The van der Waals surface area contributed by atoms with Gasteiger partial charge in [0.1, 0.15) is 23.8 Å². The Morgan fingerprint density at radius 2 is 1.97 bits per heavy atom. The Hall–Kier alpha value is -3.41. The molecular weight excluding hydrogens is 378 g/mol. The van der Waals surface area contributed by atoms with Crippen molar-refractivity contribution in [1.82, 2.24) is 15.0 Å². The van der Waals surface area contributed by atoms with E-state index in [0.717, 1.165) is 24.2 Å². The molecule has 0 bridgehead atoms. The third-order valence-corrected chi connectivity index (χ3v) is 4.67. The number of rotatable bonds is 11. The summed E-state index contributed by atoms with van der Waals surface area (Å²) in [6.07, 6.45) is 9.75. The SMILES string of the molecule is CCCCCCn1cc(COc2ccc(C(=O)/C=C/c3ccccc3)c(O)c2)nn1. The lowest BCUT2D eigenvalue weighted by molar-refractivity contribution is 0.104. The van der Waals surface area contributed by atoms with Crippen LogP contribution < -0.4 is 4.74 Å². The van der Waals surface area contributed by atoms with Gasteiger partial charge in [0.15, 0.2) is 5.78 Å². The fraction of sp³-hybridized carbons (Fsp3) is 0.292. The maximum Gasteiger partial charge on any atom is 0.189 e. The summed E-state index contributed by atoms with van der Waals surface area (Å²) in [5, 5.41) is 18.5. The van der Waals surface area contributed by atoms with Crippen molar-refractivity contribution in [3.05, 3.63) is 77.6 Å². The lowest BCUT2D eigenvalue weighted by Crippen LogP contribution is -1.99. The molecule has 0 amide bonds. The Kier molecular flexibility index (Phi) is 7.78. The number of aromatic hydroxyl groups is 1. The van der Waals surface area contributed by atoms with Crippen LogP contribution in [0.25, 0.3) is 6.08 Å². The zero-order valence-electron chi connectivity index (χ0n) is 17.2. The molecule has 0 aliphatic rings. The van der Waals surface area contributed by atoms with E-state index in [4.69, 9.17) is 4.74 Å². The van der Waals surface area contributed by atoms with Crippen molar-refractivity contribution in [1.29, 1.82) is 0 Å². The van der Waals surface area contributed by atoms with Crippen molar-refractivity contribution in [2.24, 2.45) is 0 Å². The van der Waals surface area contributed by atoms with Crippen LogP contribution in [0.15, 0.2) is 60.8 Å². The summed E-state index contributed by atoms with van der Waals surface area (Å²) in [5.74, 6) is 0.0808. The largest absolute Gasteiger partial charge is 0.507 e. The number of carbonyl (C=O) groups is 1. The monoisotopic (exact) mass is 405 g/mol. The minimum atomic E-state index is -0.270. The minimum absolute atomic E-state index is 0.116. The number of allylic oxidation sites excluding steroid dienone is 1. The molecule has 0 atom stereocenters. The van der Waals surface area contributed by atoms with E-state index in [9.17, 15) is 9.90 Å². The maximum absolute atomic E-state index is 12.4. The summed E-state index contributed by atoms with van der Waals surface area (Å²) < 4.78 is 7.51. The van der Waals surface area contributed by atoms with Crippen LogP contribution in [0.3, 0.4) is 0 Å². The lowest BCUT2D eigenvalue weighted by Gasteiger charge is -2.06. The number of hydrogen-bond donors (Lipinski definition) is 1. The smallest absolute Gasteiger partial charge is 0.189 e. The molecule has 6 nitrogen and oxygen atoms in total. The molecule has 0 spiro atoms. The van der Waals surface area contributed by atoms with Gasteiger partial charge in [0.2, 0.25) is 0 Å². The third kappa shape index (κ3) is 6.30. The van der Waals surface area contributed by atoms with Crippen LogP contribution in [0.5, 0.6) is 11.5 Å². The molecule has 1 N–H and O–H groups in total. The average molecular weight is 405 g/mol. The number of ether oxygens (including phenoxy) is 1. The zero-order chi connectivity index (χ0) is 21.2. The molecule has 0 fully saturated rings. The molecule has 0 unspecified atom stereocenters. The lowest BCUT2D eigenvalue weighted by atomic mass is 10.1. The van der Waals surface area contributed by atoms with Gasteiger partial charge in [0.25, 0.3) is 0 Å². The Balaban J connectivity index is 1.53. The van der Waals surface area contributed by atoms with Crippen molar-refractivity contribution in [3.8, 4) is 11.5 Å². The highest BCUT2D eigenvalue weighted by atomic mass is 16.5. The standard InChI is InChI=1S/C24H27N3O3/c1-2-3-4-8-15-27-17-20(25-26-27)18-30-21-12-13-22(24(29)16-21)23(28)14-11-19-9-6-5-7-10-19/h5-7,9-14,16-17,29H,2-4,8,15,18H2,1H3/b14-11+. The molecule has 3 rings (SSSR count). The van der Waals surface area contributed by atoms with Crippen LogP contribution in [0.4, 0.5) is 0 Å². The molecular formula is C24H27N3O3. The molecule has 0 aliphatic heterocycles. The van der Waals surface area contributed by atoms with Crippen molar-refractivity contribution >= 4 is 11.9 Å². The van der Waals surface area contributed by atoms with Gasteiger partial charge in [-0.3, -0.25) is 9.48 Å². The van der Waals surface area contributed by atoms with Crippen LogP contribution >= 0.6 is 0 Å². The van der Waals surface area contributed by atoms with Gasteiger partial charge in [-0.05, 0) is 30.2 Å². The highest BCUT2D eigenvalue weighted by Gasteiger charge is 2.10. The number of nitrogens with zero attached hydrogens (tertiary/aromatic N) is 3. The predicted octanol–water partition coefficient (Wildman–Crippen LogP) is 5.04. The summed E-state index contributed by atoms with van der Waals surface area (Å²) in [6, 6.07) is 14.2. The fourth-order valence-electron chi connectivity index (χ4n) is 3.01. The molecule has 3 aromatic rings. The Bertz CT molecular complexity index is 980. The van der Waals surface area contributed by atoms with Gasteiger partial charge in [0.05, 0.1) is 11.8 Å². The number of aromatic nitrogens is 3. The quantitative estimate of drug-likeness (QED) is 0.275.